The fraction of sp³-hybridized carbons (Fsp3) is 0.609. The maximum atomic E-state index is 11.2. The van der Waals surface area contributed by atoms with Crippen LogP contribution in [0.2, 0.25) is 0 Å². The Hall–Kier alpha value is -1.97. The van der Waals surface area contributed by atoms with Gasteiger partial charge < -0.3 is 13.9 Å². The van der Waals surface area contributed by atoms with Gasteiger partial charge in [-0.3, -0.25) is 4.79 Å². The summed E-state index contributed by atoms with van der Waals surface area (Å²) in [6.07, 6.45) is 9.31. The third-order valence-corrected chi connectivity index (χ3v) is 5.30. The SMILES string of the molecule is CCCCCc1ccc(C(C)(CCC(=O)O)c2ccc(CCCCC)o2)o1. The normalized spacial score (nSPS) is 11.8. The lowest BCUT2D eigenvalue weighted by Crippen LogP contribution is -2.23. The van der Waals surface area contributed by atoms with Crippen LogP contribution in [0.1, 0.15) is 95.2 Å². The lowest BCUT2D eigenvalue weighted by Gasteiger charge is -2.24. The second kappa shape index (κ2) is 10.4. The molecule has 0 aromatic carbocycles. The number of aliphatic carboxylic acids is 1. The summed E-state index contributed by atoms with van der Waals surface area (Å²) in [6.45, 7) is 6.40. The topological polar surface area (TPSA) is 63.6 Å². The fourth-order valence-electron chi connectivity index (χ4n) is 3.44. The zero-order valence-corrected chi connectivity index (χ0v) is 17.1. The second-order valence-corrected chi connectivity index (χ2v) is 7.67. The molecule has 0 aliphatic heterocycles. The number of furan rings is 2. The first kappa shape index (κ1) is 21.3. The van der Waals surface area contributed by atoms with E-state index in [0.717, 1.165) is 48.7 Å². The molecule has 0 aliphatic carbocycles. The van der Waals surface area contributed by atoms with Crippen molar-refractivity contribution in [3.8, 4) is 0 Å². The van der Waals surface area contributed by atoms with E-state index in [1.807, 2.05) is 31.2 Å². The van der Waals surface area contributed by atoms with Gasteiger partial charge in [0.2, 0.25) is 0 Å². The standard InChI is InChI=1S/C23H34O4/c1-4-6-8-10-18-12-14-20(26-18)23(3,17-16-22(24)25)21-15-13-19(27-21)11-9-7-5-2/h12-15H,4-11,16-17H2,1-3H3,(H,24,25). The van der Waals surface area contributed by atoms with Gasteiger partial charge in [0.1, 0.15) is 23.0 Å². The molecule has 0 spiro atoms. The molecule has 4 heteroatoms. The van der Waals surface area contributed by atoms with Crippen LogP contribution in [0.25, 0.3) is 0 Å². The van der Waals surface area contributed by atoms with Crippen molar-refractivity contribution < 1.29 is 18.7 Å². The fourth-order valence-corrected chi connectivity index (χ4v) is 3.44. The highest BCUT2D eigenvalue weighted by molar-refractivity contribution is 5.67. The summed E-state index contributed by atoms with van der Waals surface area (Å²) in [5.74, 6) is 2.73. The van der Waals surface area contributed by atoms with E-state index in [2.05, 4.69) is 13.8 Å². The Labute approximate surface area is 163 Å². The Bertz CT molecular complexity index is 647. The summed E-state index contributed by atoms with van der Waals surface area (Å²) in [4.78, 5) is 11.2. The van der Waals surface area contributed by atoms with Crippen LogP contribution in [-0.2, 0) is 23.1 Å². The maximum Gasteiger partial charge on any atom is 0.303 e. The molecule has 0 saturated carbocycles. The van der Waals surface area contributed by atoms with Crippen molar-refractivity contribution in [2.75, 3.05) is 0 Å². The van der Waals surface area contributed by atoms with Crippen LogP contribution < -0.4 is 0 Å². The molecule has 0 fully saturated rings. The van der Waals surface area contributed by atoms with Crippen molar-refractivity contribution in [2.45, 2.75) is 90.4 Å². The number of unbranched alkanes of at least 4 members (excludes halogenated alkanes) is 4. The van der Waals surface area contributed by atoms with Crippen molar-refractivity contribution in [3.05, 3.63) is 47.3 Å². The largest absolute Gasteiger partial charge is 0.481 e. The first-order chi connectivity index (χ1) is 13.0. The van der Waals surface area contributed by atoms with Crippen LogP contribution in [0.5, 0.6) is 0 Å². The first-order valence-electron chi connectivity index (χ1n) is 10.4. The summed E-state index contributed by atoms with van der Waals surface area (Å²) in [5.41, 5.74) is -0.565. The van der Waals surface area contributed by atoms with Crippen LogP contribution in [0.15, 0.2) is 33.1 Å². The van der Waals surface area contributed by atoms with E-state index in [4.69, 9.17) is 8.83 Å². The lowest BCUT2D eigenvalue weighted by molar-refractivity contribution is -0.137. The molecule has 0 radical (unpaired) electrons. The van der Waals surface area contributed by atoms with Crippen LogP contribution >= 0.6 is 0 Å². The minimum absolute atomic E-state index is 0.0776. The number of aryl methyl sites for hydroxylation is 2. The van der Waals surface area contributed by atoms with E-state index in [1.165, 1.54) is 25.7 Å². The number of carboxylic acids is 1. The highest BCUT2D eigenvalue weighted by atomic mass is 16.4. The smallest absolute Gasteiger partial charge is 0.303 e. The van der Waals surface area contributed by atoms with E-state index in [1.54, 1.807) is 0 Å². The zero-order chi connectivity index (χ0) is 19.7. The van der Waals surface area contributed by atoms with Gasteiger partial charge in [-0.05, 0) is 50.5 Å². The molecule has 2 heterocycles. The van der Waals surface area contributed by atoms with Gasteiger partial charge in [-0.15, -0.1) is 0 Å². The molecule has 2 aromatic heterocycles. The van der Waals surface area contributed by atoms with E-state index < -0.39 is 11.4 Å². The number of rotatable bonds is 13. The molecule has 4 nitrogen and oxygen atoms in total. The van der Waals surface area contributed by atoms with Crippen molar-refractivity contribution in [2.24, 2.45) is 0 Å². The third-order valence-electron chi connectivity index (χ3n) is 5.30. The summed E-state index contributed by atoms with van der Waals surface area (Å²) in [7, 11) is 0. The third kappa shape index (κ3) is 6.02. The Kier molecular flexibility index (Phi) is 8.21. The highest BCUT2D eigenvalue weighted by Gasteiger charge is 2.36. The Morgan fingerprint density at radius 1 is 0.889 bits per heavy atom. The molecule has 0 saturated heterocycles. The van der Waals surface area contributed by atoms with Gasteiger partial charge in [0.25, 0.3) is 0 Å². The molecule has 0 unspecified atom stereocenters. The Balaban J connectivity index is 2.20. The monoisotopic (exact) mass is 374 g/mol. The molecule has 0 atom stereocenters. The van der Waals surface area contributed by atoms with Gasteiger partial charge in [0.15, 0.2) is 0 Å². The Morgan fingerprint density at radius 2 is 1.37 bits per heavy atom. The van der Waals surface area contributed by atoms with Gasteiger partial charge in [-0.25, -0.2) is 0 Å². The molecule has 2 aromatic rings. The van der Waals surface area contributed by atoms with Gasteiger partial charge in [-0.2, -0.15) is 0 Å². The average Bonchev–Trinajstić information content (AvgIpc) is 3.30. The van der Waals surface area contributed by atoms with Crippen molar-refractivity contribution in [3.63, 3.8) is 0 Å². The summed E-state index contributed by atoms with van der Waals surface area (Å²) >= 11 is 0. The van der Waals surface area contributed by atoms with E-state index in [9.17, 15) is 9.90 Å². The van der Waals surface area contributed by atoms with Gasteiger partial charge in [-0.1, -0.05) is 39.5 Å². The molecular formula is C23H34O4. The number of hydrogen-bond donors (Lipinski definition) is 1. The molecule has 0 aliphatic rings. The van der Waals surface area contributed by atoms with Crippen molar-refractivity contribution in [1.82, 2.24) is 0 Å². The van der Waals surface area contributed by atoms with Crippen LogP contribution in [-0.4, -0.2) is 11.1 Å². The molecule has 27 heavy (non-hydrogen) atoms. The number of carbonyl (C=O) groups is 1. The molecular weight excluding hydrogens is 340 g/mol. The summed E-state index contributed by atoms with van der Waals surface area (Å²) in [6, 6.07) is 8.02. The number of carboxylic acid groups (broad SMARTS) is 1. The molecule has 2 rings (SSSR count). The van der Waals surface area contributed by atoms with Crippen molar-refractivity contribution >= 4 is 5.97 Å². The lowest BCUT2D eigenvalue weighted by atomic mass is 9.80. The molecule has 0 bridgehead atoms. The van der Waals surface area contributed by atoms with E-state index >= 15 is 0 Å². The molecule has 0 amide bonds. The van der Waals surface area contributed by atoms with Crippen LogP contribution in [0.3, 0.4) is 0 Å². The minimum Gasteiger partial charge on any atom is -0.481 e. The first-order valence-corrected chi connectivity index (χ1v) is 10.4. The maximum absolute atomic E-state index is 11.2. The highest BCUT2D eigenvalue weighted by Crippen LogP contribution is 2.38. The van der Waals surface area contributed by atoms with Gasteiger partial charge >= 0.3 is 5.97 Å². The van der Waals surface area contributed by atoms with Crippen LogP contribution in [0.4, 0.5) is 0 Å². The summed E-state index contributed by atoms with van der Waals surface area (Å²) in [5, 5.41) is 9.21. The van der Waals surface area contributed by atoms with E-state index in [-0.39, 0.29) is 6.42 Å². The zero-order valence-electron chi connectivity index (χ0n) is 17.1. The van der Waals surface area contributed by atoms with Crippen molar-refractivity contribution in [1.29, 1.82) is 0 Å². The minimum atomic E-state index is -0.800. The Morgan fingerprint density at radius 3 is 1.78 bits per heavy atom. The summed E-state index contributed by atoms with van der Waals surface area (Å²) < 4.78 is 12.3. The second-order valence-electron chi connectivity index (χ2n) is 7.67. The molecule has 1 N–H and O–H groups in total. The van der Waals surface area contributed by atoms with Gasteiger partial charge in [0.05, 0.1) is 5.41 Å². The predicted molar refractivity (Wildman–Crippen MR) is 107 cm³/mol. The van der Waals surface area contributed by atoms with E-state index in [0.29, 0.717) is 6.42 Å². The predicted octanol–water partition coefficient (Wildman–Crippen LogP) is 6.51. The van der Waals surface area contributed by atoms with Gasteiger partial charge in [0, 0.05) is 19.3 Å². The molecule has 150 valence electrons. The average molecular weight is 375 g/mol. The quantitative estimate of drug-likeness (QED) is 0.406. The van der Waals surface area contributed by atoms with Crippen LogP contribution in [0, 0.1) is 0 Å². The number of hydrogen-bond acceptors (Lipinski definition) is 3.